The summed E-state index contributed by atoms with van der Waals surface area (Å²) >= 11 is 13.4. The number of carbonyl (C=O) groups excluding carboxylic acids is 2. The van der Waals surface area contributed by atoms with Crippen LogP contribution in [0.4, 0.5) is 0 Å². The average molecular weight is 437 g/mol. The molecule has 0 heterocycles. The SMILES string of the molecule is CC/C=C(/Cl)CC(S/C(=C\C(C)/C=C(/Cl)CC)C(=O)OCC)C(=O)OCC. The molecule has 4 nitrogen and oxygen atoms in total. The molecule has 0 aliphatic rings. The van der Waals surface area contributed by atoms with E-state index in [1.807, 2.05) is 32.9 Å². The Morgan fingerprint density at radius 2 is 1.63 bits per heavy atom. The maximum absolute atomic E-state index is 12.4. The van der Waals surface area contributed by atoms with Crippen molar-refractivity contribution in [1.82, 2.24) is 0 Å². The predicted molar refractivity (Wildman–Crippen MR) is 115 cm³/mol. The second kappa shape index (κ2) is 15.1. The van der Waals surface area contributed by atoms with E-state index >= 15 is 0 Å². The standard InChI is InChI=1S/C20H30Cl2O4S/c1-6-10-16(22)13-18(20(24)26-9-4)27-17(19(23)25-8-3)12-14(5)11-15(21)7-2/h10-12,14,18H,6-9,13H2,1-5H3/b15-11+,16-10+,17-12-. The normalized spacial score (nSPS) is 15.3. The van der Waals surface area contributed by atoms with Gasteiger partial charge in [-0.2, -0.15) is 0 Å². The molecule has 0 rings (SSSR count). The number of hydrogen-bond donors (Lipinski definition) is 0. The quantitative estimate of drug-likeness (QED) is 0.269. The zero-order valence-corrected chi connectivity index (χ0v) is 19.0. The van der Waals surface area contributed by atoms with Crippen LogP contribution in [0.25, 0.3) is 0 Å². The fourth-order valence-electron chi connectivity index (χ4n) is 2.09. The largest absolute Gasteiger partial charge is 0.465 e. The van der Waals surface area contributed by atoms with E-state index in [2.05, 4.69) is 0 Å². The Morgan fingerprint density at radius 1 is 1.00 bits per heavy atom. The highest BCUT2D eigenvalue weighted by Crippen LogP contribution is 2.31. The number of ether oxygens (including phenoxy) is 2. The minimum Gasteiger partial charge on any atom is -0.465 e. The van der Waals surface area contributed by atoms with E-state index in [1.54, 1.807) is 19.9 Å². The lowest BCUT2D eigenvalue weighted by Crippen LogP contribution is -2.22. The van der Waals surface area contributed by atoms with Crippen LogP contribution in [0, 0.1) is 5.92 Å². The van der Waals surface area contributed by atoms with Crippen molar-refractivity contribution in [2.45, 2.75) is 59.1 Å². The second-order valence-electron chi connectivity index (χ2n) is 5.70. The van der Waals surface area contributed by atoms with Gasteiger partial charge in [0.25, 0.3) is 0 Å². The lowest BCUT2D eigenvalue weighted by molar-refractivity contribution is -0.142. The highest BCUT2D eigenvalue weighted by Gasteiger charge is 2.26. The minimum absolute atomic E-state index is 0.0890. The summed E-state index contributed by atoms with van der Waals surface area (Å²) < 4.78 is 10.3. The van der Waals surface area contributed by atoms with Crippen molar-refractivity contribution in [2.24, 2.45) is 5.92 Å². The molecule has 0 amide bonds. The van der Waals surface area contributed by atoms with Crippen LogP contribution < -0.4 is 0 Å². The lowest BCUT2D eigenvalue weighted by Gasteiger charge is -2.17. The molecule has 0 aliphatic heterocycles. The molecule has 7 heteroatoms. The van der Waals surface area contributed by atoms with Crippen molar-refractivity contribution in [2.75, 3.05) is 13.2 Å². The first-order valence-corrected chi connectivity index (χ1v) is 10.8. The number of thioether (sulfide) groups is 1. The molecule has 0 N–H and O–H groups in total. The third-order valence-corrected chi connectivity index (χ3v) is 5.20. The molecule has 154 valence electrons. The third-order valence-electron chi connectivity index (χ3n) is 3.30. The Kier molecular flexibility index (Phi) is 14.6. The van der Waals surface area contributed by atoms with Crippen molar-refractivity contribution in [3.63, 3.8) is 0 Å². The summed E-state index contributed by atoms with van der Waals surface area (Å²) in [7, 11) is 0. The van der Waals surface area contributed by atoms with Gasteiger partial charge in [-0.3, -0.25) is 4.79 Å². The van der Waals surface area contributed by atoms with Crippen LogP contribution in [0.5, 0.6) is 0 Å². The van der Waals surface area contributed by atoms with Gasteiger partial charge in [0.15, 0.2) is 0 Å². The van der Waals surface area contributed by atoms with Crippen LogP contribution in [-0.4, -0.2) is 30.4 Å². The Labute approximate surface area is 177 Å². The first-order chi connectivity index (χ1) is 12.8. The molecule has 0 saturated carbocycles. The van der Waals surface area contributed by atoms with Crippen molar-refractivity contribution in [3.8, 4) is 0 Å². The zero-order chi connectivity index (χ0) is 20.8. The number of carbonyl (C=O) groups is 2. The fraction of sp³-hybridized carbons (Fsp3) is 0.600. The smallest absolute Gasteiger partial charge is 0.344 e. The fourth-order valence-corrected chi connectivity index (χ4v) is 3.87. The molecular weight excluding hydrogens is 407 g/mol. The van der Waals surface area contributed by atoms with Gasteiger partial charge in [0.1, 0.15) is 5.25 Å². The highest BCUT2D eigenvalue weighted by atomic mass is 35.5. The molecule has 0 aromatic heterocycles. The summed E-state index contributed by atoms with van der Waals surface area (Å²) in [5.41, 5.74) is 0. The van der Waals surface area contributed by atoms with Gasteiger partial charge in [-0.1, -0.05) is 62.2 Å². The maximum Gasteiger partial charge on any atom is 0.344 e. The first kappa shape index (κ1) is 26.1. The zero-order valence-electron chi connectivity index (χ0n) is 16.7. The topological polar surface area (TPSA) is 52.6 Å². The van der Waals surface area contributed by atoms with E-state index < -0.39 is 17.2 Å². The van der Waals surface area contributed by atoms with E-state index in [1.165, 1.54) is 0 Å². The Morgan fingerprint density at radius 3 is 2.15 bits per heavy atom. The number of allylic oxidation sites excluding steroid dienone is 5. The summed E-state index contributed by atoms with van der Waals surface area (Å²) in [4.78, 5) is 25.1. The summed E-state index contributed by atoms with van der Waals surface area (Å²) in [6.07, 6.45) is 7.22. The predicted octanol–water partition coefficient (Wildman–Crippen LogP) is 6.19. The van der Waals surface area contributed by atoms with Crippen LogP contribution in [-0.2, 0) is 19.1 Å². The molecule has 0 aromatic carbocycles. The van der Waals surface area contributed by atoms with Crippen molar-refractivity contribution in [3.05, 3.63) is 33.2 Å². The van der Waals surface area contributed by atoms with Crippen LogP contribution in [0.15, 0.2) is 33.2 Å². The van der Waals surface area contributed by atoms with Gasteiger partial charge >= 0.3 is 11.9 Å². The molecule has 0 spiro atoms. The van der Waals surface area contributed by atoms with Gasteiger partial charge in [-0.15, -0.1) is 11.8 Å². The van der Waals surface area contributed by atoms with Crippen molar-refractivity contribution in [1.29, 1.82) is 0 Å². The van der Waals surface area contributed by atoms with Gasteiger partial charge in [0.05, 0.1) is 18.1 Å². The minimum atomic E-state index is -0.631. The third kappa shape index (κ3) is 11.5. The number of halogens is 2. The molecular formula is C20H30Cl2O4S. The average Bonchev–Trinajstić information content (AvgIpc) is 2.60. The summed E-state index contributed by atoms with van der Waals surface area (Å²) in [5.74, 6) is -0.968. The van der Waals surface area contributed by atoms with Crippen molar-refractivity contribution >= 4 is 46.9 Å². The summed E-state index contributed by atoms with van der Waals surface area (Å²) in [6, 6.07) is 0. The molecule has 2 atom stereocenters. The van der Waals surface area contributed by atoms with E-state index in [4.69, 9.17) is 32.7 Å². The lowest BCUT2D eigenvalue weighted by atomic mass is 10.1. The Balaban J connectivity index is 5.66. The van der Waals surface area contributed by atoms with E-state index in [0.717, 1.165) is 18.2 Å². The number of rotatable bonds is 12. The van der Waals surface area contributed by atoms with E-state index in [9.17, 15) is 9.59 Å². The van der Waals surface area contributed by atoms with Crippen LogP contribution >= 0.6 is 35.0 Å². The molecule has 0 fully saturated rings. The van der Waals surface area contributed by atoms with Crippen LogP contribution in [0.1, 0.15) is 53.9 Å². The van der Waals surface area contributed by atoms with Gasteiger partial charge < -0.3 is 9.47 Å². The summed E-state index contributed by atoms with van der Waals surface area (Å²) in [6.45, 7) is 9.82. The Hall–Kier alpha value is -0.910. The van der Waals surface area contributed by atoms with Gasteiger partial charge in [0.2, 0.25) is 0 Å². The van der Waals surface area contributed by atoms with Gasteiger partial charge in [0, 0.05) is 16.5 Å². The second-order valence-corrected chi connectivity index (χ2v) is 7.92. The molecule has 27 heavy (non-hydrogen) atoms. The number of hydrogen-bond acceptors (Lipinski definition) is 5. The maximum atomic E-state index is 12.4. The molecule has 2 unspecified atom stereocenters. The molecule has 0 radical (unpaired) electrons. The highest BCUT2D eigenvalue weighted by molar-refractivity contribution is 8.05. The monoisotopic (exact) mass is 436 g/mol. The van der Waals surface area contributed by atoms with Crippen LogP contribution in [0.2, 0.25) is 0 Å². The van der Waals surface area contributed by atoms with Gasteiger partial charge in [-0.25, -0.2) is 4.79 Å². The molecule has 0 saturated heterocycles. The molecule has 0 aromatic rings. The van der Waals surface area contributed by atoms with Crippen LogP contribution in [0.3, 0.4) is 0 Å². The van der Waals surface area contributed by atoms with E-state index in [0.29, 0.717) is 21.4 Å². The first-order valence-electron chi connectivity index (χ1n) is 9.21. The number of esters is 2. The summed E-state index contributed by atoms with van der Waals surface area (Å²) in [5, 5.41) is 0.643. The molecule has 0 aliphatic carbocycles. The van der Waals surface area contributed by atoms with Crippen molar-refractivity contribution < 1.29 is 19.1 Å². The van der Waals surface area contributed by atoms with Gasteiger partial charge in [-0.05, 0) is 32.6 Å². The Bertz CT molecular complexity index is 570. The molecule has 0 bridgehead atoms. The van der Waals surface area contributed by atoms with E-state index in [-0.39, 0.29) is 25.6 Å².